The third-order valence-corrected chi connectivity index (χ3v) is 7.50. The third-order valence-electron chi connectivity index (χ3n) is 6.40. The maximum atomic E-state index is 12.6. The Kier molecular flexibility index (Phi) is 3.91. The summed E-state index contributed by atoms with van der Waals surface area (Å²) < 4.78 is 23.4. The van der Waals surface area contributed by atoms with Crippen molar-refractivity contribution in [3.8, 4) is 0 Å². The Hall–Kier alpha value is -2.22. The van der Waals surface area contributed by atoms with Crippen molar-refractivity contribution in [3.63, 3.8) is 0 Å². The van der Waals surface area contributed by atoms with Crippen LogP contribution in [0.4, 0.5) is 5.82 Å². The fraction of sp³-hybridized carbons (Fsp3) is 0.550. The number of hydrogen-bond donors (Lipinski definition) is 1. The van der Waals surface area contributed by atoms with Gasteiger partial charge in [-0.1, -0.05) is 0 Å². The molecule has 3 heterocycles. The first kappa shape index (κ1) is 17.8. The predicted molar refractivity (Wildman–Crippen MR) is 106 cm³/mol. The van der Waals surface area contributed by atoms with Gasteiger partial charge in [-0.2, -0.15) is 0 Å². The van der Waals surface area contributed by atoms with Crippen molar-refractivity contribution in [2.75, 3.05) is 24.2 Å². The topological polar surface area (TPSA) is 96.0 Å². The van der Waals surface area contributed by atoms with Crippen molar-refractivity contribution in [1.82, 2.24) is 15.0 Å². The molecule has 3 aliphatic rings. The lowest BCUT2D eigenvalue weighted by molar-refractivity contribution is 0.332. The molecular formula is C20H24N4O3S. The number of fused-ring (bicyclic) bond motifs is 2. The molecule has 5 rings (SSSR count). The van der Waals surface area contributed by atoms with Crippen LogP contribution < -0.4 is 10.5 Å². The van der Waals surface area contributed by atoms with Gasteiger partial charge < -0.3 is 9.88 Å². The molecule has 0 amide bonds. The number of sulfone groups is 1. The normalized spacial score (nSPS) is 24.5. The molecule has 1 aliphatic heterocycles. The maximum absolute atomic E-state index is 12.6. The molecule has 0 radical (unpaired) electrons. The van der Waals surface area contributed by atoms with Gasteiger partial charge in [0.1, 0.15) is 11.6 Å². The van der Waals surface area contributed by atoms with Crippen molar-refractivity contribution >= 4 is 15.7 Å². The van der Waals surface area contributed by atoms with Gasteiger partial charge in [0.05, 0.1) is 10.6 Å². The zero-order valence-electron chi connectivity index (χ0n) is 15.9. The fourth-order valence-corrected chi connectivity index (χ4v) is 5.28. The van der Waals surface area contributed by atoms with Crippen molar-refractivity contribution in [2.24, 2.45) is 0 Å². The molecule has 0 aromatic carbocycles. The lowest BCUT2D eigenvalue weighted by Gasteiger charge is -2.41. The van der Waals surface area contributed by atoms with Crippen LogP contribution in [0.1, 0.15) is 55.1 Å². The molecule has 1 N–H and O–H groups in total. The number of rotatable bonds is 3. The SMILES string of the molecule is CS(=O)(=O)c1ccc(N2CCCC3(CCc4c3nc(C3CC3)[nH]c4=O)C2)nc1. The minimum atomic E-state index is -3.25. The van der Waals surface area contributed by atoms with Crippen LogP contribution in [0.5, 0.6) is 0 Å². The summed E-state index contributed by atoms with van der Waals surface area (Å²) in [6, 6.07) is 3.40. The van der Waals surface area contributed by atoms with Crippen LogP contribution in [-0.4, -0.2) is 42.7 Å². The molecule has 1 atom stereocenters. The van der Waals surface area contributed by atoms with E-state index in [2.05, 4.69) is 14.9 Å². The first-order chi connectivity index (χ1) is 13.4. The van der Waals surface area contributed by atoms with Crippen LogP contribution >= 0.6 is 0 Å². The van der Waals surface area contributed by atoms with Crippen LogP contribution in [0.15, 0.2) is 28.0 Å². The summed E-state index contributed by atoms with van der Waals surface area (Å²) in [5.41, 5.74) is 1.78. The van der Waals surface area contributed by atoms with E-state index < -0.39 is 9.84 Å². The van der Waals surface area contributed by atoms with Crippen LogP contribution in [0.2, 0.25) is 0 Å². The number of pyridine rings is 1. The Morgan fingerprint density at radius 1 is 1.25 bits per heavy atom. The Bertz CT molecular complexity index is 1090. The first-order valence-electron chi connectivity index (χ1n) is 9.90. The smallest absolute Gasteiger partial charge is 0.254 e. The zero-order chi connectivity index (χ0) is 19.5. The van der Waals surface area contributed by atoms with E-state index in [1.807, 2.05) is 0 Å². The Morgan fingerprint density at radius 2 is 2.07 bits per heavy atom. The molecule has 1 spiro atoms. The largest absolute Gasteiger partial charge is 0.356 e. The van der Waals surface area contributed by atoms with Crippen LogP contribution in [0.25, 0.3) is 0 Å². The van der Waals surface area contributed by atoms with Crippen molar-refractivity contribution in [1.29, 1.82) is 0 Å². The van der Waals surface area contributed by atoms with Gasteiger partial charge in [0.25, 0.3) is 5.56 Å². The zero-order valence-corrected chi connectivity index (χ0v) is 16.8. The molecule has 1 saturated carbocycles. The Labute approximate surface area is 164 Å². The standard InChI is InChI=1S/C20H24N4O3S/c1-28(26,27)14-5-6-16(21-11-14)24-10-2-8-20(12-24)9-7-15-17(20)22-18(13-3-4-13)23-19(15)25/h5-6,11,13H,2-4,7-10,12H2,1H3,(H,22,23,25). The van der Waals surface area contributed by atoms with E-state index in [4.69, 9.17) is 4.98 Å². The highest BCUT2D eigenvalue weighted by Gasteiger charge is 2.45. The first-order valence-corrected chi connectivity index (χ1v) is 11.8. The van der Waals surface area contributed by atoms with E-state index >= 15 is 0 Å². The van der Waals surface area contributed by atoms with Crippen molar-refractivity contribution in [3.05, 3.63) is 45.8 Å². The summed E-state index contributed by atoms with van der Waals surface area (Å²) >= 11 is 0. The summed E-state index contributed by atoms with van der Waals surface area (Å²) in [5.74, 6) is 2.06. The van der Waals surface area contributed by atoms with Gasteiger partial charge in [0, 0.05) is 42.4 Å². The molecule has 28 heavy (non-hydrogen) atoms. The molecule has 1 saturated heterocycles. The number of aromatic amines is 1. The highest BCUT2D eigenvalue weighted by molar-refractivity contribution is 7.90. The van der Waals surface area contributed by atoms with Gasteiger partial charge in [-0.25, -0.2) is 18.4 Å². The Balaban J connectivity index is 1.48. The number of H-pyrrole nitrogens is 1. The molecule has 2 fully saturated rings. The molecule has 8 heteroatoms. The van der Waals surface area contributed by atoms with E-state index in [-0.39, 0.29) is 15.9 Å². The summed E-state index contributed by atoms with van der Waals surface area (Å²) in [5, 5.41) is 0. The van der Waals surface area contributed by atoms with Gasteiger partial charge in [-0.05, 0) is 50.7 Å². The number of anilines is 1. The summed E-state index contributed by atoms with van der Waals surface area (Å²) in [6.45, 7) is 1.65. The van der Waals surface area contributed by atoms with E-state index in [1.54, 1.807) is 12.1 Å². The van der Waals surface area contributed by atoms with Crippen LogP contribution in [0, 0.1) is 0 Å². The molecular weight excluding hydrogens is 376 g/mol. The number of hydrogen-bond acceptors (Lipinski definition) is 6. The van der Waals surface area contributed by atoms with Gasteiger partial charge in [0.15, 0.2) is 9.84 Å². The maximum Gasteiger partial charge on any atom is 0.254 e. The number of piperidine rings is 1. The summed E-state index contributed by atoms with van der Waals surface area (Å²) in [6.07, 6.45) is 8.58. The molecule has 1 unspecified atom stereocenters. The summed E-state index contributed by atoms with van der Waals surface area (Å²) in [4.78, 5) is 27.4. The minimum Gasteiger partial charge on any atom is -0.356 e. The molecule has 148 valence electrons. The number of nitrogens with one attached hydrogen (secondary N) is 1. The van der Waals surface area contributed by atoms with Crippen LogP contribution in [0.3, 0.4) is 0 Å². The molecule has 0 bridgehead atoms. The van der Waals surface area contributed by atoms with E-state index in [9.17, 15) is 13.2 Å². The van der Waals surface area contributed by atoms with Gasteiger partial charge >= 0.3 is 0 Å². The van der Waals surface area contributed by atoms with E-state index in [0.29, 0.717) is 5.92 Å². The minimum absolute atomic E-state index is 0.0385. The quantitative estimate of drug-likeness (QED) is 0.846. The highest BCUT2D eigenvalue weighted by Crippen LogP contribution is 2.45. The van der Waals surface area contributed by atoms with Crippen LogP contribution in [-0.2, 0) is 21.7 Å². The molecule has 2 aliphatic carbocycles. The van der Waals surface area contributed by atoms with Gasteiger partial charge in [0.2, 0.25) is 0 Å². The third kappa shape index (κ3) is 2.94. The van der Waals surface area contributed by atoms with Crippen molar-refractivity contribution < 1.29 is 8.42 Å². The second-order valence-corrected chi connectivity index (χ2v) is 10.5. The summed E-state index contributed by atoms with van der Waals surface area (Å²) in [7, 11) is -3.25. The lowest BCUT2D eigenvalue weighted by atomic mass is 9.77. The number of nitrogens with zero attached hydrogens (tertiary/aromatic N) is 3. The van der Waals surface area contributed by atoms with E-state index in [1.165, 1.54) is 12.5 Å². The predicted octanol–water partition coefficient (Wildman–Crippen LogP) is 1.93. The average molecular weight is 401 g/mol. The highest BCUT2D eigenvalue weighted by atomic mass is 32.2. The second-order valence-electron chi connectivity index (χ2n) is 8.48. The molecule has 2 aromatic heterocycles. The molecule has 7 nitrogen and oxygen atoms in total. The second kappa shape index (κ2) is 6.14. The monoisotopic (exact) mass is 400 g/mol. The van der Waals surface area contributed by atoms with Gasteiger partial charge in [-0.3, -0.25) is 4.79 Å². The molecule has 2 aromatic rings. The number of aromatic nitrogens is 3. The van der Waals surface area contributed by atoms with Crippen molar-refractivity contribution in [2.45, 2.75) is 54.8 Å². The van der Waals surface area contributed by atoms with E-state index in [0.717, 1.165) is 74.5 Å². The average Bonchev–Trinajstić information content (AvgIpc) is 3.46. The fourth-order valence-electron chi connectivity index (χ4n) is 4.72. The lowest BCUT2D eigenvalue weighted by Crippen LogP contribution is -2.46. The van der Waals surface area contributed by atoms with Gasteiger partial charge in [-0.15, -0.1) is 0 Å². The Morgan fingerprint density at radius 3 is 2.75 bits per heavy atom.